The Kier molecular flexibility index (Phi) is 3.38. The minimum atomic E-state index is 0.617. The zero-order valence-corrected chi connectivity index (χ0v) is 8.78. The Labute approximate surface area is 84.4 Å². The van der Waals surface area contributed by atoms with Crippen molar-refractivity contribution >= 4 is 17.3 Å². The summed E-state index contributed by atoms with van der Waals surface area (Å²) in [5.41, 5.74) is 3.62. The highest BCUT2D eigenvalue weighted by molar-refractivity contribution is 6.29. The first-order chi connectivity index (χ1) is 6.09. The quantitative estimate of drug-likeness (QED) is 0.779. The molecule has 1 rings (SSSR count). The van der Waals surface area contributed by atoms with Crippen molar-refractivity contribution in [2.45, 2.75) is 13.8 Å². The second-order valence-corrected chi connectivity index (χ2v) is 3.72. The van der Waals surface area contributed by atoms with Gasteiger partial charge in [0.05, 0.1) is 6.54 Å². The zero-order chi connectivity index (χ0) is 9.84. The lowest BCUT2D eigenvalue weighted by atomic mass is 10.1. The molecule has 0 heterocycles. The van der Waals surface area contributed by atoms with Crippen LogP contribution in [-0.4, -0.2) is 6.54 Å². The van der Waals surface area contributed by atoms with Gasteiger partial charge in [-0.05, 0) is 25.5 Å². The Bertz CT molecular complexity index is 318. The number of nitrogens with one attached hydrogen (secondary N) is 1. The Morgan fingerprint density at radius 3 is 2.69 bits per heavy atom. The third-order valence-electron chi connectivity index (χ3n) is 1.85. The van der Waals surface area contributed by atoms with Gasteiger partial charge in [-0.25, -0.2) is 0 Å². The molecule has 0 spiro atoms. The number of aryl methyl sites for hydroxylation is 2. The summed E-state index contributed by atoms with van der Waals surface area (Å²) in [6.07, 6.45) is 0. The molecule has 0 atom stereocenters. The van der Waals surface area contributed by atoms with Gasteiger partial charge < -0.3 is 5.32 Å². The SMILES string of the molecule is C=C(Cl)CNc1ccc(C)cc1C. The minimum absolute atomic E-state index is 0.617. The predicted octanol–water partition coefficient (Wildman–Crippen LogP) is 3.47. The molecule has 1 aromatic carbocycles. The van der Waals surface area contributed by atoms with Crippen LogP contribution in [0.4, 0.5) is 5.69 Å². The monoisotopic (exact) mass is 195 g/mol. The number of hydrogen-bond donors (Lipinski definition) is 1. The topological polar surface area (TPSA) is 12.0 Å². The molecule has 0 radical (unpaired) electrons. The number of benzene rings is 1. The first kappa shape index (κ1) is 10.1. The van der Waals surface area contributed by atoms with E-state index in [0.29, 0.717) is 11.6 Å². The van der Waals surface area contributed by atoms with Crippen molar-refractivity contribution in [3.63, 3.8) is 0 Å². The molecule has 0 aliphatic heterocycles. The summed E-state index contributed by atoms with van der Waals surface area (Å²) in [6, 6.07) is 6.27. The van der Waals surface area contributed by atoms with E-state index in [1.54, 1.807) is 0 Å². The largest absolute Gasteiger partial charge is 0.380 e. The number of rotatable bonds is 3. The highest BCUT2D eigenvalue weighted by Gasteiger charge is 1.97. The van der Waals surface area contributed by atoms with Crippen LogP contribution >= 0.6 is 11.6 Å². The van der Waals surface area contributed by atoms with Gasteiger partial charge >= 0.3 is 0 Å². The van der Waals surface area contributed by atoms with E-state index in [1.165, 1.54) is 11.1 Å². The average molecular weight is 196 g/mol. The van der Waals surface area contributed by atoms with Crippen LogP contribution in [0.2, 0.25) is 0 Å². The summed E-state index contributed by atoms with van der Waals surface area (Å²) in [5.74, 6) is 0. The van der Waals surface area contributed by atoms with Gasteiger partial charge in [0.1, 0.15) is 0 Å². The average Bonchev–Trinajstić information content (AvgIpc) is 2.02. The van der Waals surface area contributed by atoms with E-state index >= 15 is 0 Å². The molecule has 0 fully saturated rings. The lowest BCUT2D eigenvalue weighted by Gasteiger charge is -2.08. The van der Waals surface area contributed by atoms with Gasteiger partial charge in [0.25, 0.3) is 0 Å². The van der Waals surface area contributed by atoms with Crippen LogP contribution < -0.4 is 5.32 Å². The molecular weight excluding hydrogens is 182 g/mol. The summed E-state index contributed by atoms with van der Waals surface area (Å²) in [7, 11) is 0. The fourth-order valence-corrected chi connectivity index (χ4v) is 1.27. The molecule has 0 unspecified atom stereocenters. The van der Waals surface area contributed by atoms with Gasteiger partial charge in [-0.15, -0.1) is 0 Å². The smallest absolute Gasteiger partial charge is 0.0501 e. The van der Waals surface area contributed by atoms with Crippen LogP contribution in [-0.2, 0) is 0 Å². The standard InChI is InChI=1S/C11H14ClN/c1-8-4-5-11(9(2)6-8)13-7-10(3)12/h4-6,13H,3,7H2,1-2H3. The molecule has 1 N–H and O–H groups in total. The van der Waals surface area contributed by atoms with E-state index < -0.39 is 0 Å². The van der Waals surface area contributed by atoms with Crippen LogP contribution in [0, 0.1) is 13.8 Å². The third-order valence-corrected chi connectivity index (χ3v) is 1.99. The molecule has 0 aliphatic carbocycles. The number of hydrogen-bond acceptors (Lipinski definition) is 1. The number of halogens is 1. The predicted molar refractivity (Wildman–Crippen MR) is 59.4 cm³/mol. The van der Waals surface area contributed by atoms with Gasteiger partial charge in [0.15, 0.2) is 0 Å². The van der Waals surface area contributed by atoms with Gasteiger partial charge in [0.2, 0.25) is 0 Å². The summed E-state index contributed by atoms with van der Waals surface area (Å²) in [5, 5.41) is 3.83. The Morgan fingerprint density at radius 2 is 2.15 bits per heavy atom. The Morgan fingerprint density at radius 1 is 1.46 bits per heavy atom. The molecule has 13 heavy (non-hydrogen) atoms. The van der Waals surface area contributed by atoms with Gasteiger partial charge in [-0.2, -0.15) is 0 Å². The van der Waals surface area contributed by atoms with Gasteiger partial charge in [-0.3, -0.25) is 0 Å². The normalized spacial score (nSPS) is 9.77. The zero-order valence-electron chi connectivity index (χ0n) is 8.02. The molecule has 0 saturated heterocycles. The molecule has 0 aliphatic rings. The maximum atomic E-state index is 5.65. The van der Waals surface area contributed by atoms with Crippen LogP contribution in [0.5, 0.6) is 0 Å². The van der Waals surface area contributed by atoms with E-state index in [0.717, 1.165) is 5.69 Å². The molecule has 0 bridgehead atoms. The minimum Gasteiger partial charge on any atom is -0.380 e. The van der Waals surface area contributed by atoms with Crippen molar-refractivity contribution in [2.75, 3.05) is 11.9 Å². The van der Waals surface area contributed by atoms with Crippen molar-refractivity contribution in [1.29, 1.82) is 0 Å². The first-order valence-corrected chi connectivity index (χ1v) is 4.62. The van der Waals surface area contributed by atoms with Crippen LogP contribution in [0.15, 0.2) is 29.8 Å². The summed E-state index contributed by atoms with van der Waals surface area (Å²) < 4.78 is 0. The third kappa shape index (κ3) is 3.11. The van der Waals surface area contributed by atoms with Crippen molar-refractivity contribution < 1.29 is 0 Å². The van der Waals surface area contributed by atoms with E-state index in [-0.39, 0.29) is 0 Å². The molecule has 1 aromatic rings. The second-order valence-electron chi connectivity index (χ2n) is 3.19. The molecule has 70 valence electrons. The molecular formula is C11H14ClN. The Hall–Kier alpha value is -0.950. The second kappa shape index (κ2) is 4.33. The van der Waals surface area contributed by atoms with E-state index in [1.807, 2.05) is 0 Å². The van der Waals surface area contributed by atoms with Crippen molar-refractivity contribution in [3.05, 3.63) is 40.9 Å². The van der Waals surface area contributed by atoms with Crippen LogP contribution in [0.1, 0.15) is 11.1 Å². The van der Waals surface area contributed by atoms with Gasteiger partial charge in [-0.1, -0.05) is 35.9 Å². The van der Waals surface area contributed by atoms with Crippen molar-refractivity contribution in [2.24, 2.45) is 0 Å². The highest BCUT2D eigenvalue weighted by Crippen LogP contribution is 2.16. The summed E-state index contributed by atoms with van der Waals surface area (Å²) in [4.78, 5) is 0. The van der Waals surface area contributed by atoms with Crippen LogP contribution in [0.25, 0.3) is 0 Å². The molecule has 1 nitrogen and oxygen atoms in total. The maximum absolute atomic E-state index is 5.65. The van der Waals surface area contributed by atoms with E-state index in [2.05, 4.69) is 43.9 Å². The Balaban J connectivity index is 2.72. The molecule has 0 aromatic heterocycles. The van der Waals surface area contributed by atoms with E-state index in [4.69, 9.17) is 11.6 Å². The number of anilines is 1. The molecule has 0 amide bonds. The van der Waals surface area contributed by atoms with Crippen molar-refractivity contribution in [3.8, 4) is 0 Å². The maximum Gasteiger partial charge on any atom is 0.0501 e. The van der Waals surface area contributed by atoms with Gasteiger partial charge in [0, 0.05) is 10.7 Å². The molecule has 0 saturated carbocycles. The van der Waals surface area contributed by atoms with Crippen molar-refractivity contribution in [1.82, 2.24) is 0 Å². The lowest BCUT2D eigenvalue weighted by Crippen LogP contribution is -2.02. The fraction of sp³-hybridized carbons (Fsp3) is 0.273. The fourth-order valence-electron chi connectivity index (χ4n) is 1.20. The lowest BCUT2D eigenvalue weighted by molar-refractivity contribution is 1.27. The first-order valence-electron chi connectivity index (χ1n) is 4.24. The highest BCUT2D eigenvalue weighted by atomic mass is 35.5. The molecule has 2 heteroatoms. The summed E-state index contributed by atoms with van der Waals surface area (Å²) in [6.45, 7) is 8.39. The van der Waals surface area contributed by atoms with E-state index in [9.17, 15) is 0 Å². The summed E-state index contributed by atoms with van der Waals surface area (Å²) >= 11 is 5.65. The van der Waals surface area contributed by atoms with Crippen LogP contribution in [0.3, 0.4) is 0 Å².